The molecular formula is C68H122O6. The van der Waals surface area contributed by atoms with Crippen LogP contribution in [0.3, 0.4) is 0 Å². The van der Waals surface area contributed by atoms with Gasteiger partial charge in [0.05, 0.1) is 0 Å². The SMILES string of the molecule is CC/C=C\C/C=C\C/C=C\C/C=C\C/C=C\CCCCCC(=O)OC[C@@H](COC(=O)CCCCCCCCCCCCCCCCCCCC)OC(=O)CCCCCCCCCCCCCCCCCCCCC. The van der Waals surface area contributed by atoms with Crippen LogP contribution in [0, 0.1) is 0 Å². The van der Waals surface area contributed by atoms with Crippen molar-refractivity contribution in [1.82, 2.24) is 0 Å². The van der Waals surface area contributed by atoms with E-state index in [4.69, 9.17) is 14.2 Å². The molecular weight excluding hydrogens is 913 g/mol. The van der Waals surface area contributed by atoms with E-state index in [0.717, 1.165) is 96.3 Å². The Morgan fingerprint density at radius 1 is 0.284 bits per heavy atom. The Balaban J connectivity index is 4.39. The van der Waals surface area contributed by atoms with E-state index in [9.17, 15) is 14.4 Å². The van der Waals surface area contributed by atoms with E-state index in [1.165, 1.54) is 199 Å². The monoisotopic (exact) mass is 1030 g/mol. The lowest BCUT2D eigenvalue weighted by Crippen LogP contribution is -2.30. The first-order valence-corrected chi connectivity index (χ1v) is 32.3. The van der Waals surface area contributed by atoms with Gasteiger partial charge in [0.1, 0.15) is 13.2 Å². The van der Waals surface area contributed by atoms with Crippen LogP contribution in [0.5, 0.6) is 0 Å². The standard InChI is InChI=1S/C68H122O6/c1-4-7-10-13-16-19-22-25-28-31-34-37-40-43-46-49-52-55-58-61-67(70)73-64-65(63-72-66(69)60-57-54-51-48-45-42-39-36-33-30-27-24-21-18-15-12-9-6-3)74-68(71)62-59-56-53-50-47-44-41-38-35-32-29-26-23-20-17-14-11-8-5-2/h7,10,16,19,25,28,34,37,43,46,65H,4-6,8-9,11-15,17-18,20-24,26-27,29-33,35-36,38-42,44-45,47-64H2,1-3H3/b10-7-,19-16-,28-25-,37-34-,46-43-/t65-/m1/s1. The molecule has 0 amide bonds. The minimum absolute atomic E-state index is 0.0800. The summed E-state index contributed by atoms with van der Waals surface area (Å²) in [6.07, 6.45) is 79.4. The Kier molecular flexibility index (Phi) is 60.2. The average molecular weight is 1040 g/mol. The highest BCUT2D eigenvalue weighted by Gasteiger charge is 2.19. The van der Waals surface area contributed by atoms with Crippen molar-refractivity contribution in [3.8, 4) is 0 Å². The average Bonchev–Trinajstić information content (AvgIpc) is 3.40. The van der Waals surface area contributed by atoms with Crippen LogP contribution in [0.25, 0.3) is 0 Å². The number of hydrogen-bond donors (Lipinski definition) is 0. The van der Waals surface area contributed by atoms with Gasteiger partial charge >= 0.3 is 17.9 Å². The number of carbonyl (C=O) groups is 3. The molecule has 0 radical (unpaired) electrons. The summed E-state index contributed by atoms with van der Waals surface area (Å²) in [5, 5.41) is 0. The van der Waals surface area contributed by atoms with Crippen LogP contribution in [-0.4, -0.2) is 37.2 Å². The van der Waals surface area contributed by atoms with Crippen LogP contribution >= 0.6 is 0 Å². The van der Waals surface area contributed by atoms with Gasteiger partial charge < -0.3 is 14.2 Å². The maximum absolute atomic E-state index is 12.9. The fraction of sp³-hybridized carbons (Fsp3) is 0.809. The van der Waals surface area contributed by atoms with E-state index in [-0.39, 0.29) is 31.1 Å². The zero-order valence-electron chi connectivity index (χ0n) is 49.4. The van der Waals surface area contributed by atoms with Gasteiger partial charge in [0.25, 0.3) is 0 Å². The van der Waals surface area contributed by atoms with Crippen molar-refractivity contribution in [2.75, 3.05) is 13.2 Å². The fourth-order valence-electron chi connectivity index (χ4n) is 9.47. The van der Waals surface area contributed by atoms with Gasteiger partial charge in [0, 0.05) is 19.3 Å². The lowest BCUT2D eigenvalue weighted by molar-refractivity contribution is -0.167. The molecule has 0 saturated carbocycles. The molecule has 0 aromatic rings. The summed E-state index contributed by atoms with van der Waals surface area (Å²) in [5.41, 5.74) is 0. The first kappa shape index (κ1) is 71.1. The lowest BCUT2D eigenvalue weighted by atomic mass is 10.0. The number of ether oxygens (including phenoxy) is 3. The van der Waals surface area contributed by atoms with Crippen LogP contribution in [0.4, 0.5) is 0 Å². The lowest BCUT2D eigenvalue weighted by Gasteiger charge is -2.18. The Morgan fingerprint density at radius 3 is 0.824 bits per heavy atom. The normalized spacial score (nSPS) is 12.4. The van der Waals surface area contributed by atoms with Crippen LogP contribution in [0.15, 0.2) is 60.8 Å². The highest BCUT2D eigenvalue weighted by Crippen LogP contribution is 2.18. The predicted molar refractivity (Wildman–Crippen MR) is 321 cm³/mol. The largest absolute Gasteiger partial charge is 0.462 e. The highest BCUT2D eigenvalue weighted by molar-refractivity contribution is 5.71. The van der Waals surface area contributed by atoms with E-state index in [1.54, 1.807) is 0 Å². The first-order valence-electron chi connectivity index (χ1n) is 32.3. The third kappa shape index (κ3) is 60.0. The molecule has 0 aliphatic heterocycles. The first-order chi connectivity index (χ1) is 36.5. The molecule has 0 aliphatic carbocycles. The van der Waals surface area contributed by atoms with Crippen LogP contribution in [-0.2, 0) is 28.6 Å². The minimum atomic E-state index is -0.786. The Labute approximate surface area is 460 Å². The van der Waals surface area contributed by atoms with E-state index < -0.39 is 6.10 Å². The summed E-state index contributed by atoms with van der Waals surface area (Å²) in [6.45, 7) is 6.56. The molecule has 0 N–H and O–H groups in total. The van der Waals surface area contributed by atoms with Crippen molar-refractivity contribution in [3.05, 3.63) is 60.8 Å². The molecule has 0 rings (SSSR count). The quantitative estimate of drug-likeness (QED) is 0.0261. The van der Waals surface area contributed by atoms with E-state index in [2.05, 4.69) is 81.5 Å². The second kappa shape index (κ2) is 62.6. The molecule has 1 atom stereocenters. The summed E-state index contributed by atoms with van der Waals surface area (Å²) in [6, 6.07) is 0. The van der Waals surface area contributed by atoms with E-state index >= 15 is 0 Å². The van der Waals surface area contributed by atoms with Gasteiger partial charge in [0.15, 0.2) is 6.10 Å². The Hall–Kier alpha value is -2.89. The molecule has 0 spiro atoms. The summed E-state index contributed by atoms with van der Waals surface area (Å²) < 4.78 is 16.9. The third-order valence-electron chi connectivity index (χ3n) is 14.3. The van der Waals surface area contributed by atoms with Crippen LogP contribution in [0.2, 0.25) is 0 Å². The van der Waals surface area contributed by atoms with Gasteiger partial charge in [-0.2, -0.15) is 0 Å². The Bertz CT molecular complexity index is 1330. The molecule has 6 heteroatoms. The van der Waals surface area contributed by atoms with E-state index in [1.807, 2.05) is 0 Å². The maximum Gasteiger partial charge on any atom is 0.306 e. The second-order valence-electron chi connectivity index (χ2n) is 21.7. The topological polar surface area (TPSA) is 78.9 Å². The van der Waals surface area contributed by atoms with Crippen molar-refractivity contribution in [2.24, 2.45) is 0 Å². The third-order valence-corrected chi connectivity index (χ3v) is 14.3. The van der Waals surface area contributed by atoms with Gasteiger partial charge in [-0.3, -0.25) is 14.4 Å². The molecule has 0 bridgehead atoms. The predicted octanol–water partition coefficient (Wildman–Crippen LogP) is 21.9. The number of rotatable bonds is 59. The number of unbranched alkanes of at least 4 members (excludes halogenated alkanes) is 38. The summed E-state index contributed by atoms with van der Waals surface area (Å²) in [5.74, 6) is -0.891. The summed E-state index contributed by atoms with van der Waals surface area (Å²) >= 11 is 0. The molecule has 0 aromatic carbocycles. The number of esters is 3. The summed E-state index contributed by atoms with van der Waals surface area (Å²) in [4.78, 5) is 38.3. The highest BCUT2D eigenvalue weighted by atomic mass is 16.6. The molecule has 74 heavy (non-hydrogen) atoms. The molecule has 0 aromatic heterocycles. The van der Waals surface area contributed by atoms with Crippen molar-refractivity contribution in [2.45, 2.75) is 341 Å². The molecule has 430 valence electrons. The molecule has 6 nitrogen and oxygen atoms in total. The number of hydrogen-bond acceptors (Lipinski definition) is 6. The zero-order chi connectivity index (χ0) is 53.6. The van der Waals surface area contributed by atoms with Gasteiger partial charge in [0.2, 0.25) is 0 Å². The molecule has 0 unspecified atom stereocenters. The van der Waals surface area contributed by atoms with Crippen molar-refractivity contribution in [1.29, 1.82) is 0 Å². The minimum Gasteiger partial charge on any atom is -0.462 e. The summed E-state index contributed by atoms with van der Waals surface area (Å²) in [7, 11) is 0. The smallest absolute Gasteiger partial charge is 0.306 e. The molecule has 0 aliphatic rings. The van der Waals surface area contributed by atoms with Crippen LogP contribution in [0.1, 0.15) is 335 Å². The maximum atomic E-state index is 12.9. The number of allylic oxidation sites excluding steroid dienone is 10. The van der Waals surface area contributed by atoms with Crippen LogP contribution < -0.4 is 0 Å². The van der Waals surface area contributed by atoms with Crippen molar-refractivity contribution >= 4 is 17.9 Å². The van der Waals surface area contributed by atoms with E-state index in [0.29, 0.717) is 19.3 Å². The van der Waals surface area contributed by atoms with Gasteiger partial charge in [-0.05, 0) is 64.2 Å². The van der Waals surface area contributed by atoms with Gasteiger partial charge in [-0.1, -0.05) is 313 Å². The second-order valence-corrected chi connectivity index (χ2v) is 21.7. The van der Waals surface area contributed by atoms with Crippen molar-refractivity contribution in [3.63, 3.8) is 0 Å². The molecule has 0 heterocycles. The molecule has 0 saturated heterocycles. The zero-order valence-corrected chi connectivity index (χ0v) is 49.4. The number of carbonyl (C=O) groups excluding carboxylic acids is 3. The van der Waals surface area contributed by atoms with Crippen molar-refractivity contribution < 1.29 is 28.6 Å². The van der Waals surface area contributed by atoms with Gasteiger partial charge in [-0.25, -0.2) is 0 Å². The molecule has 0 fully saturated rings. The van der Waals surface area contributed by atoms with Gasteiger partial charge in [-0.15, -0.1) is 0 Å². The fourth-order valence-corrected chi connectivity index (χ4v) is 9.47. The Morgan fingerprint density at radius 2 is 0.527 bits per heavy atom.